The minimum absolute atomic E-state index is 0.0776. The van der Waals surface area contributed by atoms with Crippen molar-refractivity contribution >= 4 is 34.6 Å². The molecule has 0 saturated heterocycles. The fourth-order valence-corrected chi connectivity index (χ4v) is 3.85. The normalized spacial score (nSPS) is 12.7. The van der Waals surface area contributed by atoms with E-state index in [1.807, 2.05) is 20.8 Å². The highest BCUT2D eigenvalue weighted by atomic mass is 35.5. The van der Waals surface area contributed by atoms with Crippen molar-refractivity contribution in [3.63, 3.8) is 0 Å². The zero-order chi connectivity index (χ0) is 19.5. The number of hydrogen-bond donors (Lipinski definition) is 1. The van der Waals surface area contributed by atoms with Crippen molar-refractivity contribution in [1.82, 2.24) is 10.3 Å². The lowest BCUT2D eigenvalue weighted by molar-refractivity contribution is -0.121. The number of nitrogens with one attached hydrogen (secondary N) is 1. The quantitative estimate of drug-likeness (QED) is 0.706. The van der Waals surface area contributed by atoms with Crippen LogP contribution in [0.15, 0.2) is 24.4 Å². The predicted molar refractivity (Wildman–Crippen MR) is 103 cm³/mol. The van der Waals surface area contributed by atoms with Crippen molar-refractivity contribution in [3.8, 4) is 10.6 Å². The van der Waals surface area contributed by atoms with E-state index in [0.29, 0.717) is 15.4 Å². The third-order valence-electron chi connectivity index (χ3n) is 4.83. The maximum atomic E-state index is 13.5. The first-order chi connectivity index (χ1) is 12.2. The Morgan fingerprint density at radius 3 is 2.50 bits per heavy atom. The van der Waals surface area contributed by atoms with Gasteiger partial charge in [0.2, 0.25) is 0 Å². The highest BCUT2D eigenvalue weighted by Gasteiger charge is 2.35. The molecule has 2 rings (SSSR count). The first-order valence-corrected chi connectivity index (χ1v) is 9.63. The van der Waals surface area contributed by atoms with Gasteiger partial charge < -0.3 is 5.32 Å². The van der Waals surface area contributed by atoms with Crippen molar-refractivity contribution in [2.45, 2.75) is 46.6 Å². The maximum Gasteiger partial charge on any atom is 0.263 e. The van der Waals surface area contributed by atoms with E-state index in [2.05, 4.69) is 10.3 Å². The Morgan fingerprint density at radius 1 is 1.31 bits per heavy atom. The zero-order valence-corrected chi connectivity index (χ0v) is 16.8. The zero-order valence-electron chi connectivity index (χ0n) is 15.2. The van der Waals surface area contributed by atoms with Gasteiger partial charge in [-0.3, -0.25) is 9.59 Å². The third-order valence-corrected chi connectivity index (χ3v) is 6.10. The predicted octanol–water partition coefficient (Wildman–Crippen LogP) is 5.12. The second-order valence-electron chi connectivity index (χ2n) is 6.57. The summed E-state index contributed by atoms with van der Waals surface area (Å²) in [4.78, 5) is 29.3. The topological polar surface area (TPSA) is 59.1 Å². The first-order valence-electron chi connectivity index (χ1n) is 8.43. The fraction of sp³-hybridized carbons (Fsp3) is 0.421. The second kappa shape index (κ2) is 8.27. The highest BCUT2D eigenvalue weighted by molar-refractivity contribution is 7.16. The number of amides is 1. The number of nitrogens with zero attached hydrogens (tertiary/aromatic N) is 1. The second-order valence-corrected chi connectivity index (χ2v) is 8.03. The molecule has 1 heterocycles. The van der Waals surface area contributed by atoms with Crippen LogP contribution in [0.1, 0.15) is 50.2 Å². The molecule has 140 valence electrons. The molecule has 0 saturated carbocycles. The SMILES string of the molecule is CCC(C)(CC)C(NC(=O)c1cnc(-c2cc(F)cc(Cl)c2)s1)C(C)=O. The lowest BCUT2D eigenvalue weighted by Gasteiger charge is -2.35. The Bertz CT molecular complexity index is 797. The number of hydrogen-bond acceptors (Lipinski definition) is 4. The minimum atomic E-state index is -0.570. The molecule has 1 aromatic carbocycles. The molecule has 4 nitrogen and oxygen atoms in total. The monoisotopic (exact) mass is 396 g/mol. The maximum absolute atomic E-state index is 13.5. The van der Waals surface area contributed by atoms with Gasteiger partial charge in [-0.1, -0.05) is 32.4 Å². The van der Waals surface area contributed by atoms with Gasteiger partial charge in [-0.2, -0.15) is 0 Å². The van der Waals surface area contributed by atoms with E-state index in [4.69, 9.17) is 11.6 Å². The number of carbonyl (C=O) groups excluding carboxylic acids is 2. The van der Waals surface area contributed by atoms with Gasteiger partial charge in [-0.15, -0.1) is 11.3 Å². The van der Waals surface area contributed by atoms with Gasteiger partial charge in [-0.05, 0) is 43.4 Å². The number of ketones is 1. The Balaban J connectivity index is 2.25. The summed E-state index contributed by atoms with van der Waals surface area (Å²) in [5.74, 6) is -0.900. The molecule has 0 aliphatic rings. The molecule has 0 spiro atoms. The van der Waals surface area contributed by atoms with E-state index in [1.165, 1.54) is 25.3 Å². The van der Waals surface area contributed by atoms with E-state index < -0.39 is 11.9 Å². The van der Waals surface area contributed by atoms with E-state index >= 15 is 0 Å². The largest absolute Gasteiger partial charge is 0.341 e. The van der Waals surface area contributed by atoms with Gasteiger partial charge in [0.25, 0.3) is 5.91 Å². The molecule has 1 atom stereocenters. The summed E-state index contributed by atoms with van der Waals surface area (Å²) in [5, 5.41) is 3.60. The Kier molecular flexibility index (Phi) is 6.53. The number of benzene rings is 1. The van der Waals surface area contributed by atoms with Crippen LogP contribution in [0, 0.1) is 11.2 Å². The van der Waals surface area contributed by atoms with Gasteiger partial charge in [0.1, 0.15) is 15.7 Å². The van der Waals surface area contributed by atoms with Crippen molar-refractivity contribution in [1.29, 1.82) is 0 Å². The van der Waals surface area contributed by atoms with Gasteiger partial charge in [-0.25, -0.2) is 9.37 Å². The van der Waals surface area contributed by atoms with Gasteiger partial charge >= 0.3 is 0 Å². The third kappa shape index (κ3) is 4.48. The molecule has 26 heavy (non-hydrogen) atoms. The Labute approximate surface area is 161 Å². The van der Waals surface area contributed by atoms with Gasteiger partial charge in [0.05, 0.1) is 12.2 Å². The number of carbonyl (C=O) groups is 2. The molecule has 2 aromatic rings. The number of thiazole rings is 1. The number of aromatic nitrogens is 1. The minimum Gasteiger partial charge on any atom is -0.341 e. The molecule has 0 aliphatic carbocycles. The molecule has 0 radical (unpaired) electrons. The van der Waals surface area contributed by atoms with Crippen LogP contribution in [0.5, 0.6) is 0 Å². The van der Waals surface area contributed by atoms with Gasteiger partial charge in [0, 0.05) is 10.6 Å². The smallest absolute Gasteiger partial charge is 0.263 e. The number of Topliss-reactive ketones (excluding diaryl/α,β-unsaturated/α-hetero) is 1. The average molecular weight is 397 g/mol. The van der Waals surface area contributed by atoms with Crippen LogP contribution in [0.25, 0.3) is 10.6 Å². The fourth-order valence-electron chi connectivity index (χ4n) is 2.82. The number of halogens is 2. The van der Waals surface area contributed by atoms with E-state index in [0.717, 1.165) is 24.2 Å². The van der Waals surface area contributed by atoms with Crippen LogP contribution in [0.4, 0.5) is 4.39 Å². The van der Waals surface area contributed by atoms with Crippen LogP contribution >= 0.6 is 22.9 Å². The molecular formula is C19H22ClFN2O2S. The van der Waals surface area contributed by atoms with E-state index in [9.17, 15) is 14.0 Å². The van der Waals surface area contributed by atoms with Crippen LogP contribution in [0.3, 0.4) is 0 Å². The molecule has 1 amide bonds. The van der Waals surface area contributed by atoms with E-state index in [1.54, 1.807) is 6.07 Å². The van der Waals surface area contributed by atoms with E-state index in [-0.39, 0.29) is 22.1 Å². The Morgan fingerprint density at radius 2 is 1.96 bits per heavy atom. The summed E-state index contributed by atoms with van der Waals surface area (Å²) in [5.41, 5.74) is 0.194. The number of rotatable bonds is 7. The average Bonchev–Trinajstić information content (AvgIpc) is 3.08. The van der Waals surface area contributed by atoms with Gasteiger partial charge in [0.15, 0.2) is 5.78 Å². The molecule has 1 aromatic heterocycles. The first kappa shape index (κ1) is 20.5. The van der Waals surface area contributed by atoms with Crippen LogP contribution in [-0.2, 0) is 4.79 Å². The van der Waals surface area contributed by atoms with Crippen LogP contribution < -0.4 is 5.32 Å². The molecule has 1 N–H and O–H groups in total. The molecule has 0 aliphatic heterocycles. The molecular weight excluding hydrogens is 375 g/mol. The van der Waals surface area contributed by atoms with Crippen molar-refractivity contribution in [2.24, 2.45) is 5.41 Å². The van der Waals surface area contributed by atoms with Crippen molar-refractivity contribution in [2.75, 3.05) is 0 Å². The Hall–Kier alpha value is -1.79. The highest BCUT2D eigenvalue weighted by Crippen LogP contribution is 2.32. The summed E-state index contributed by atoms with van der Waals surface area (Å²) < 4.78 is 13.5. The lowest BCUT2D eigenvalue weighted by Crippen LogP contribution is -2.50. The van der Waals surface area contributed by atoms with Crippen LogP contribution in [-0.4, -0.2) is 22.7 Å². The molecule has 0 fully saturated rings. The summed E-state index contributed by atoms with van der Waals surface area (Å²) in [7, 11) is 0. The summed E-state index contributed by atoms with van der Waals surface area (Å²) >= 11 is 7.01. The molecule has 7 heteroatoms. The lowest BCUT2D eigenvalue weighted by atomic mass is 9.76. The van der Waals surface area contributed by atoms with Crippen molar-refractivity contribution < 1.29 is 14.0 Å². The van der Waals surface area contributed by atoms with Crippen molar-refractivity contribution in [3.05, 3.63) is 40.1 Å². The standard InChI is InChI=1S/C19H22ClFN2O2S/c1-5-19(4,6-2)16(11(3)24)23-17(25)15-10-22-18(26-15)12-7-13(20)9-14(21)8-12/h7-10,16H,5-6H2,1-4H3,(H,23,25). The summed E-state index contributed by atoms with van der Waals surface area (Å²) in [6, 6.07) is 3.55. The summed E-state index contributed by atoms with van der Waals surface area (Å²) in [6.07, 6.45) is 2.97. The summed E-state index contributed by atoms with van der Waals surface area (Å²) in [6.45, 7) is 7.49. The van der Waals surface area contributed by atoms with Crippen LogP contribution in [0.2, 0.25) is 5.02 Å². The molecule has 1 unspecified atom stereocenters. The molecule has 0 bridgehead atoms.